The van der Waals surface area contributed by atoms with Crippen molar-refractivity contribution in [2.45, 2.75) is 33.1 Å². The number of anilines is 1. The van der Waals surface area contributed by atoms with Gasteiger partial charge in [-0.25, -0.2) is 4.68 Å². The first-order chi connectivity index (χ1) is 12.7. The maximum atomic E-state index is 12.4. The molecule has 0 fully saturated rings. The van der Waals surface area contributed by atoms with E-state index in [1.165, 1.54) is 10.2 Å². The van der Waals surface area contributed by atoms with Crippen LogP contribution in [0.4, 0.5) is 5.69 Å². The minimum absolute atomic E-state index is 0.0461. The van der Waals surface area contributed by atoms with Crippen LogP contribution < -0.4 is 5.32 Å². The number of carbonyl (C=O) groups excluding carboxylic acids is 2. The molecule has 27 heavy (non-hydrogen) atoms. The molecule has 0 unspecified atom stereocenters. The number of aromatic nitrogens is 2. The molecule has 1 aromatic heterocycles. The fourth-order valence-electron chi connectivity index (χ4n) is 2.68. The molecule has 1 N–H and O–H groups in total. The van der Waals surface area contributed by atoms with Gasteiger partial charge in [-0.2, -0.15) is 5.10 Å². The number of nitrogens with one attached hydrogen (secondary N) is 1. The highest BCUT2D eigenvalue weighted by atomic mass is 16.2. The van der Waals surface area contributed by atoms with Crippen molar-refractivity contribution in [2.24, 2.45) is 0 Å². The number of hydrogen-bond acceptors (Lipinski definition) is 3. The SMILES string of the molecule is Cc1ccn(C(=O)c2ccc(NC(=O)c3ccc(C(C)(C)C)cc3)cc2)n1. The summed E-state index contributed by atoms with van der Waals surface area (Å²) in [4.78, 5) is 24.8. The summed E-state index contributed by atoms with van der Waals surface area (Å²) in [6.45, 7) is 8.23. The molecule has 138 valence electrons. The third-order valence-corrected chi connectivity index (χ3v) is 4.33. The Labute approximate surface area is 159 Å². The van der Waals surface area contributed by atoms with Crippen LogP contribution in [0.25, 0.3) is 0 Å². The van der Waals surface area contributed by atoms with Gasteiger partial charge >= 0.3 is 0 Å². The summed E-state index contributed by atoms with van der Waals surface area (Å²) in [7, 11) is 0. The molecular formula is C22H23N3O2. The van der Waals surface area contributed by atoms with Crippen LogP contribution in [0.15, 0.2) is 60.8 Å². The highest BCUT2D eigenvalue weighted by molar-refractivity contribution is 6.04. The second-order valence-electron chi connectivity index (χ2n) is 7.57. The molecule has 1 amide bonds. The predicted molar refractivity (Wildman–Crippen MR) is 106 cm³/mol. The molecule has 0 saturated heterocycles. The van der Waals surface area contributed by atoms with Gasteiger partial charge < -0.3 is 5.32 Å². The van der Waals surface area contributed by atoms with E-state index in [1.807, 2.05) is 31.2 Å². The van der Waals surface area contributed by atoms with Crippen LogP contribution in [0.2, 0.25) is 0 Å². The van der Waals surface area contributed by atoms with Gasteiger partial charge in [0, 0.05) is 23.0 Å². The predicted octanol–water partition coefficient (Wildman–Crippen LogP) is 4.43. The van der Waals surface area contributed by atoms with Crippen molar-refractivity contribution in [1.82, 2.24) is 9.78 Å². The largest absolute Gasteiger partial charge is 0.322 e. The third kappa shape index (κ3) is 4.31. The smallest absolute Gasteiger partial charge is 0.278 e. The first-order valence-corrected chi connectivity index (χ1v) is 8.83. The molecular weight excluding hydrogens is 338 g/mol. The summed E-state index contributed by atoms with van der Waals surface area (Å²) >= 11 is 0. The highest BCUT2D eigenvalue weighted by Gasteiger charge is 2.15. The molecule has 0 spiro atoms. The van der Waals surface area contributed by atoms with Crippen LogP contribution >= 0.6 is 0 Å². The lowest BCUT2D eigenvalue weighted by Crippen LogP contribution is -2.15. The van der Waals surface area contributed by atoms with Crippen molar-refractivity contribution in [3.05, 3.63) is 83.2 Å². The molecule has 0 saturated carbocycles. The van der Waals surface area contributed by atoms with Crippen molar-refractivity contribution in [1.29, 1.82) is 0 Å². The number of aryl methyl sites for hydroxylation is 1. The summed E-state index contributed by atoms with van der Waals surface area (Å²) in [6.07, 6.45) is 1.63. The first kappa shape index (κ1) is 18.6. The Morgan fingerprint density at radius 2 is 1.48 bits per heavy atom. The molecule has 0 aliphatic heterocycles. The molecule has 0 radical (unpaired) electrons. The molecule has 2 aromatic carbocycles. The van der Waals surface area contributed by atoms with E-state index < -0.39 is 0 Å². The molecule has 0 bridgehead atoms. The number of nitrogens with zero attached hydrogens (tertiary/aromatic N) is 2. The normalized spacial score (nSPS) is 11.3. The summed E-state index contributed by atoms with van der Waals surface area (Å²) in [6, 6.07) is 16.2. The van der Waals surface area contributed by atoms with E-state index >= 15 is 0 Å². The van der Waals surface area contributed by atoms with Gasteiger partial charge in [0.05, 0.1) is 5.69 Å². The summed E-state index contributed by atoms with van der Waals surface area (Å²) in [5.41, 5.74) is 3.74. The average Bonchev–Trinajstić information content (AvgIpc) is 3.07. The Kier molecular flexibility index (Phi) is 4.95. The monoisotopic (exact) mass is 361 g/mol. The second kappa shape index (κ2) is 7.19. The summed E-state index contributed by atoms with van der Waals surface area (Å²) in [5, 5.41) is 6.97. The van der Waals surface area contributed by atoms with E-state index in [0.29, 0.717) is 16.8 Å². The van der Waals surface area contributed by atoms with Crippen molar-refractivity contribution in [3.63, 3.8) is 0 Å². The van der Waals surface area contributed by atoms with Crippen LogP contribution in [-0.2, 0) is 5.41 Å². The van der Waals surface area contributed by atoms with Gasteiger partial charge in [-0.15, -0.1) is 0 Å². The lowest BCUT2D eigenvalue weighted by molar-refractivity contribution is 0.0944. The molecule has 5 heteroatoms. The fraction of sp³-hybridized carbons (Fsp3) is 0.227. The highest BCUT2D eigenvalue weighted by Crippen LogP contribution is 2.22. The topological polar surface area (TPSA) is 64.0 Å². The van der Waals surface area contributed by atoms with Gasteiger partial charge in [-0.3, -0.25) is 9.59 Å². The zero-order valence-corrected chi connectivity index (χ0v) is 16.0. The van der Waals surface area contributed by atoms with E-state index in [9.17, 15) is 9.59 Å². The lowest BCUT2D eigenvalue weighted by Gasteiger charge is -2.19. The minimum atomic E-state index is -0.209. The summed E-state index contributed by atoms with van der Waals surface area (Å²) < 4.78 is 1.31. The van der Waals surface area contributed by atoms with Crippen molar-refractivity contribution >= 4 is 17.5 Å². The lowest BCUT2D eigenvalue weighted by atomic mass is 9.87. The van der Waals surface area contributed by atoms with E-state index in [4.69, 9.17) is 0 Å². The fourth-order valence-corrected chi connectivity index (χ4v) is 2.68. The van der Waals surface area contributed by atoms with Gasteiger partial charge in [0.1, 0.15) is 0 Å². The molecule has 0 atom stereocenters. The minimum Gasteiger partial charge on any atom is -0.322 e. The van der Waals surface area contributed by atoms with E-state index in [0.717, 1.165) is 5.69 Å². The van der Waals surface area contributed by atoms with Crippen molar-refractivity contribution < 1.29 is 9.59 Å². The van der Waals surface area contributed by atoms with Crippen molar-refractivity contribution in [3.8, 4) is 0 Å². The van der Waals surface area contributed by atoms with Crippen LogP contribution in [-0.4, -0.2) is 21.6 Å². The Hall–Kier alpha value is -3.21. The zero-order chi connectivity index (χ0) is 19.6. The van der Waals surface area contributed by atoms with E-state index in [1.54, 1.807) is 36.5 Å². The Balaban J connectivity index is 1.69. The molecule has 0 aliphatic carbocycles. The van der Waals surface area contributed by atoms with Gasteiger partial charge in [0.2, 0.25) is 0 Å². The Morgan fingerprint density at radius 3 is 2.00 bits per heavy atom. The van der Waals surface area contributed by atoms with Crippen LogP contribution in [0, 0.1) is 6.92 Å². The van der Waals surface area contributed by atoms with E-state index in [2.05, 4.69) is 31.2 Å². The number of benzene rings is 2. The number of hydrogen-bond donors (Lipinski definition) is 1. The number of amides is 1. The standard InChI is InChI=1S/C22H23N3O2/c1-15-13-14-25(24-15)21(27)17-7-11-19(12-8-17)23-20(26)16-5-9-18(10-6-16)22(2,3)4/h5-14H,1-4H3,(H,23,26). The number of rotatable bonds is 3. The van der Waals surface area contributed by atoms with Gasteiger partial charge in [-0.1, -0.05) is 32.9 Å². The Bertz CT molecular complexity index is 962. The quantitative estimate of drug-likeness (QED) is 0.750. The average molecular weight is 361 g/mol. The molecule has 1 heterocycles. The summed E-state index contributed by atoms with van der Waals surface area (Å²) in [5.74, 6) is -0.393. The van der Waals surface area contributed by atoms with Gasteiger partial charge in [0.25, 0.3) is 11.8 Å². The van der Waals surface area contributed by atoms with Crippen molar-refractivity contribution in [2.75, 3.05) is 5.32 Å². The molecule has 5 nitrogen and oxygen atoms in total. The maximum absolute atomic E-state index is 12.4. The van der Waals surface area contributed by atoms with Crippen LogP contribution in [0.3, 0.4) is 0 Å². The van der Waals surface area contributed by atoms with Crippen LogP contribution in [0.1, 0.15) is 52.7 Å². The molecule has 3 rings (SSSR count). The maximum Gasteiger partial charge on any atom is 0.278 e. The first-order valence-electron chi connectivity index (χ1n) is 8.83. The zero-order valence-electron chi connectivity index (χ0n) is 16.0. The van der Waals surface area contributed by atoms with E-state index in [-0.39, 0.29) is 17.2 Å². The second-order valence-corrected chi connectivity index (χ2v) is 7.57. The van der Waals surface area contributed by atoms with Crippen LogP contribution in [0.5, 0.6) is 0 Å². The number of carbonyl (C=O) groups is 2. The van der Waals surface area contributed by atoms with Gasteiger partial charge in [0.15, 0.2) is 0 Å². The molecule has 0 aliphatic rings. The Morgan fingerprint density at radius 1 is 0.889 bits per heavy atom. The van der Waals surface area contributed by atoms with Gasteiger partial charge in [-0.05, 0) is 60.4 Å². The third-order valence-electron chi connectivity index (χ3n) is 4.33. The molecule has 3 aromatic rings.